The third-order valence-corrected chi connectivity index (χ3v) is 8.32. The van der Waals surface area contributed by atoms with Gasteiger partial charge in [-0.3, -0.25) is 0 Å². The smallest absolute Gasteiger partial charge is 0.691 e. The van der Waals surface area contributed by atoms with Crippen molar-refractivity contribution in [2.45, 2.75) is 58.4 Å². The summed E-state index contributed by atoms with van der Waals surface area (Å²) in [5.41, 5.74) is 0. The van der Waals surface area contributed by atoms with Gasteiger partial charge in [0.15, 0.2) is 8.32 Å². The van der Waals surface area contributed by atoms with Gasteiger partial charge in [0, 0.05) is 12.5 Å². The molecule has 0 fully saturated rings. The molecule has 0 amide bonds. The van der Waals surface area contributed by atoms with Crippen molar-refractivity contribution >= 4 is 8.32 Å². The summed E-state index contributed by atoms with van der Waals surface area (Å²) < 4.78 is 11.6. The summed E-state index contributed by atoms with van der Waals surface area (Å²) in [7, 11) is -1.62. The van der Waals surface area contributed by atoms with E-state index in [9.17, 15) is 0 Å². The zero-order chi connectivity index (χ0) is 12.4. The molecule has 1 aliphatic rings. The summed E-state index contributed by atoms with van der Waals surface area (Å²) in [4.78, 5) is 0. The third-order valence-electron chi connectivity index (χ3n) is 3.82. The molecule has 1 heterocycles. The minimum atomic E-state index is -1.62. The van der Waals surface area contributed by atoms with E-state index in [0.29, 0.717) is 5.92 Å². The number of rotatable bonds is 4. The van der Waals surface area contributed by atoms with E-state index < -0.39 is 8.32 Å². The van der Waals surface area contributed by atoms with Crippen LogP contribution in [0.5, 0.6) is 0 Å². The van der Waals surface area contributed by atoms with Crippen molar-refractivity contribution in [2.24, 2.45) is 5.92 Å². The molecule has 0 aliphatic carbocycles. The van der Waals surface area contributed by atoms with E-state index in [1.54, 1.807) is 0 Å². The molecule has 0 aromatic carbocycles. The first-order valence-electron chi connectivity index (χ1n) is 6.16. The minimum Gasteiger partial charge on any atom is -0.691 e. The van der Waals surface area contributed by atoms with E-state index in [4.69, 9.17) is 9.16 Å². The second-order valence-electron chi connectivity index (χ2n) is 6.08. The summed E-state index contributed by atoms with van der Waals surface area (Å²) in [5, 5.41) is 0.279. The zero-order valence-corrected chi connectivity index (χ0v) is 13.5. The molecular formula is C13H25LiO2Si. The monoisotopic (exact) mass is 248 g/mol. The average Bonchev–Trinajstić information content (AvgIpc) is 2.60. The van der Waals surface area contributed by atoms with Gasteiger partial charge in [0.25, 0.3) is 0 Å². The van der Waals surface area contributed by atoms with Crippen molar-refractivity contribution in [3.05, 3.63) is 12.3 Å². The second kappa shape index (κ2) is 6.47. The van der Waals surface area contributed by atoms with E-state index in [1.807, 2.05) is 6.08 Å². The quantitative estimate of drug-likeness (QED) is 0.540. The van der Waals surface area contributed by atoms with Crippen molar-refractivity contribution in [1.82, 2.24) is 0 Å². The van der Waals surface area contributed by atoms with E-state index in [0.717, 1.165) is 13.0 Å². The van der Waals surface area contributed by atoms with Gasteiger partial charge >= 0.3 is 18.9 Å². The van der Waals surface area contributed by atoms with Crippen LogP contribution in [0.2, 0.25) is 18.1 Å². The Hall–Kier alpha value is 0.314. The Kier molecular flexibility index (Phi) is 6.59. The van der Waals surface area contributed by atoms with E-state index >= 15 is 0 Å². The van der Waals surface area contributed by atoms with Crippen molar-refractivity contribution in [3.63, 3.8) is 0 Å². The fourth-order valence-corrected chi connectivity index (χ4v) is 2.51. The van der Waals surface area contributed by atoms with E-state index in [2.05, 4.69) is 47.1 Å². The molecule has 17 heavy (non-hydrogen) atoms. The van der Waals surface area contributed by atoms with Gasteiger partial charge in [0.1, 0.15) is 0 Å². The summed E-state index contributed by atoms with van der Waals surface area (Å²) in [6.07, 6.45) is 6.17. The van der Waals surface area contributed by atoms with Crippen LogP contribution in [0.25, 0.3) is 0 Å². The molecule has 0 saturated heterocycles. The van der Waals surface area contributed by atoms with Crippen LogP contribution in [-0.2, 0) is 9.16 Å². The Balaban J connectivity index is 0.00000256. The Bertz CT molecular complexity index is 259. The first kappa shape index (κ1) is 17.3. The average molecular weight is 248 g/mol. The molecule has 2 atom stereocenters. The molecule has 0 aromatic heterocycles. The molecular weight excluding hydrogens is 223 g/mol. The summed E-state index contributed by atoms with van der Waals surface area (Å²) in [6, 6.07) is 0. The summed E-state index contributed by atoms with van der Waals surface area (Å²) in [6.45, 7) is 14.3. The van der Waals surface area contributed by atoms with Crippen LogP contribution in [0.1, 0.15) is 34.1 Å². The van der Waals surface area contributed by atoms with Crippen LogP contribution in [0.3, 0.4) is 0 Å². The van der Waals surface area contributed by atoms with Crippen LogP contribution < -0.4 is 18.9 Å². The SMILES string of the molecule is CC[C@H]1O[C-]=C[C@@H]1CO[Si](C)(C)C(C)(C)C.[Li+]. The minimum absolute atomic E-state index is 0. The molecule has 4 heteroatoms. The van der Waals surface area contributed by atoms with Gasteiger partial charge in [0.05, 0.1) is 6.10 Å². The van der Waals surface area contributed by atoms with Crippen molar-refractivity contribution in [2.75, 3.05) is 6.61 Å². The summed E-state index contributed by atoms with van der Waals surface area (Å²) in [5.74, 6) is 0.388. The van der Waals surface area contributed by atoms with Crippen LogP contribution >= 0.6 is 0 Å². The second-order valence-corrected chi connectivity index (χ2v) is 10.9. The van der Waals surface area contributed by atoms with Crippen molar-refractivity contribution in [3.8, 4) is 0 Å². The molecule has 0 radical (unpaired) electrons. The molecule has 0 spiro atoms. The van der Waals surface area contributed by atoms with Crippen LogP contribution in [0, 0.1) is 12.2 Å². The molecule has 0 N–H and O–H groups in total. The van der Waals surface area contributed by atoms with Gasteiger partial charge in [0.2, 0.25) is 0 Å². The number of ether oxygens (including phenoxy) is 1. The maximum Gasteiger partial charge on any atom is 1.00 e. The predicted octanol–water partition coefficient (Wildman–Crippen LogP) is 0.754. The molecule has 0 saturated carbocycles. The van der Waals surface area contributed by atoms with Gasteiger partial charge in [-0.15, -0.1) is 0 Å². The number of hydrogen-bond donors (Lipinski definition) is 0. The molecule has 0 unspecified atom stereocenters. The standard InChI is InChI=1S/C13H25O2Si.Li/c1-7-12-11(8-9-14-12)10-15-16(5,6)13(2,3)4;/h8,11-12H,7,10H2,1-6H3;/q-1;+1/t11-,12-;/m1./s1. The molecule has 0 aromatic rings. The van der Waals surface area contributed by atoms with Crippen molar-refractivity contribution < 1.29 is 28.0 Å². The zero-order valence-electron chi connectivity index (χ0n) is 12.5. The predicted molar refractivity (Wildman–Crippen MR) is 69.6 cm³/mol. The largest absolute Gasteiger partial charge is 1.00 e. The topological polar surface area (TPSA) is 18.5 Å². The van der Waals surface area contributed by atoms with Crippen LogP contribution in [0.15, 0.2) is 6.08 Å². The Labute approximate surface area is 119 Å². The van der Waals surface area contributed by atoms with Gasteiger partial charge in [-0.25, -0.2) is 6.08 Å². The molecule has 1 rings (SSSR count). The Morgan fingerprint density at radius 1 is 1.35 bits per heavy atom. The van der Waals surface area contributed by atoms with Gasteiger partial charge in [-0.2, -0.15) is 0 Å². The van der Waals surface area contributed by atoms with Crippen LogP contribution in [-0.4, -0.2) is 21.0 Å². The Morgan fingerprint density at radius 2 is 1.94 bits per heavy atom. The maximum absolute atomic E-state index is 6.20. The first-order valence-corrected chi connectivity index (χ1v) is 9.07. The van der Waals surface area contributed by atoms with Gasteiger partial charge in [-0.1, -0.05) is 27.7 Å². The van der Waals surface area contributed by atoms with Gasteiger partial charge < -0.3 is 15.4 Å². The maximum atomic E-state index is 6.20. The Morgan fingerprint density at radius 3 is 2.41 bits per heavy atom. The molecule has 1 aliphatic heterocycles. The van der Waals surface area contributed by atoms with E-state index in [1.165, 1.54) is 0 Å². The normalized spacial score (nSPS) is 24.4. The third kappa shape index (κ3) is 4.48. The van der Waals surface area contributed by atoms with Crippen LogP contribution in [0.4, 0.5) is 0 Å². The first-order chi connectivity index (χ1) is 7.28. The fourth-order valence-electron chi connectivity index (χ4n) is 1.47. The molecule has 2 nitrogen and oxygen atoms in total. The molecule has 94 valence electrons. The van der Waals surface area contributed by atoms with E-state index in [-0.39, 0.29) is 30.0 Å². The fraction of sp³-hybridized carbons (Fsp3) is 0.846. The van der Waals surface area contributed by atoms with Gasteiger partial charge in [-0.05, 0) is 24.6 Å². The van der Waals surface area contributed by atoms with Crippen molar-refractivity contribution in [1.29, 1.82) is 0 Å². The number of hydrogen-bond acceptors (Lipinski definition) is 2. The molecule has 0 bridgehead atoms. The summed E-state index contributed by atoms with van der Waals surface area (Å²) >= 11 is 0.